The van der Waals surface area contributed by atoms with Gasteiger partial charge >= 0.3 is 0 Å². The van der Waals surface area contributed by atoms with Gasteiger partial charge in [0.25, 0.3) is 5.91 Å². The lowest BCUT2D eigenvalue weighted by atomic mass is 10.1. The number of fused-ring (bicyclic) bond motifs is 1. The van der Waals surface area contributed by atoms with Gasteiger partial charge in [0.2, 0.25) is 0 Å². The van der Waals surface area contributed by atoms with Crippen molar-refractivity contribution in [1.29, 1.82) is 0 Å². The molecule has 3 rings (SSSR count). The summed E-state index contributed by atoms with van der Waals surface area (Å²) in [6, 6.07) is 10.1. The molecule has 1 heterocycles. The number of hydrazone groups is 1. The van der Waals surface area contributed by atoms with Crippen LogP contribution < -0.4 is 14.9 Å². The molecule has 0 aromatic heterocycles. The van der Waals surface area contributed by atoms with E-state index in [0.717, 1.165) is 17.7 Å². The summed E-state index contributed by atoms with van der Waals surface area (Å²) in [7, 11) is 0. The van der Waals surface area contributed by atoms with Crippen molar-refractivity contribution < 1.29 is 19.4 Å². The summed E-state index contributed by atoms with van der Waals surface area (Å²) in [5.74, 6) is 0.924. The normalized spacial score (nSPS) is 15.7. The number of phenolic OH excluding ortho intramolecular Hbond substituents is 1. The first-order valence-electron chi connectivity index (χ1n) is 8.16. The number of phenols is 1. The van der Waals surface area contributed by atoms with E-state index < -0.39 is 5.91 Å². The van der Waals surface area contributed by atoms with Crippen molar-refractivity contribution in [2.45, 2.75) is 26.4 Å². The van der Waals surface area contributed by atoms with E-state index >= 15 is 0 Å². The van der Waals surface area contributed by atoms with E-state index in [0.29, 0.717) is 17.9 Å². The highest BCUT2D eigenvalue weighted by atomic mass is 16.5. The summed E-state index contributed by atoms with van der Waals surface area (Å²) >= 11 is 0. The maximum atomic E-state index is 12.1. The van der Waals surface area contributed by atoms with Crippen LogP contribution in [0.1, 0.15) is 35.3 Å². The maximum Gasteiger partial charge on any atom is 0.275 e. The van der Waals surface area contributed by atoms with Crippen molar-refractivity contribution in [3.63, 3.8) is 0 Å². The molecule has 0 fully saturated rings. The zero-order valence-electron chi connectivity index (χ0n) is 14.2. The van der Waals surface area contributed by atoms with E-state index in [1.807, 2.05) is 26.0 Å². The van der Waals surface area contributed by atoms with Gasteiger partial charge in [-0.3, -0.25) is 4.79 Å². The van der Waals surface area contributed by atoms with E-state index in [1.54, 1.807) is 12.1 Å². The van der Waals surface area contributed by atoms with Crippen molar-refractivity contribution >= 4 is 12.1 Å². The molecular weight excluding hydrogens is 320 g/mol. The molecule has 1 amide bonds. The fraction of sp³-hybridized carbons (Fsp3) is 0.263. The molecule has 0 bridgehead atoms. The zero-order chi connectivity index (χ0) is 17.8. The third-order valence-corrected chi connectivity index (χ3v) is 3.85. The van der Waals surface area contributed by atoms with Crippen molar-refractivity contribution in [1.82, 2.24) is 5.43 Å². The number of nitrogens with zero attached hydrogens (tertiary/aromatic N) is 1. The van der Waals surface area contributed by atoms with Crippen molar-refractivity contribution in [3.05, 3.63) is 53.1 Å². The summed E-state index contributed by atoms with van der Waals surface area (Å²) in [5.41, 5.74) is 4.39. The highest BCUT2D eigenvalue weighted by Gasteiger charge is 2.21. The molecule has 2 aromatic carbocycles. The van der Waals surface area contributed by atoms with Crippen LogP contribution in [0, 0.1) is 0 Å². The van der Waals surface area contributed by atoms with Gasteiger partial charge in [-0.2, -0.15) is 5.10 Å². The van der Waals surface area contributed by atoms with Gasteiger partial charge in [-0.1, -0.05) is 12.1 Å². The lowest BCUT2D eigenvalue weighted by Crippen LogP contribution is -2.17. The Morgan fingerprint density at radius 1 is 1.44 bits per heavy atom. The topological polar surface area (TPSA) is 80.2 Å². The second-order valence-electron chi connectivity index (χ2n) is 5.78. The molecule has 6 nitrogen and oxygen atoms in total. The summed E-state index contributed by atoms with van der Waals surface area (Å²) < 4.78 is 11.4. The SMILES string of the molecule is CCOc1cc2c(cc1/C=N\NC(=O)c1ccccc1O)O[C@H](C)C2. The number of aromatic hydroxyl groups is 1. The second-order valence-corrected chi connectivity index (χ2v) is 5.78. The van der Waals surface area contributed by atoms with Crippen LogP contribution in [0.3, 0.4) is 0 Å². The zero-order valence-corrected chi connectivity index (χ0v) is 14.2. The number of nitrogens with one attached hydrogen (secondary N) is 1. The number of benzene rings is 2. The Labute approximate surface area is 146 Å². The van der Waals surface area contributed by atoms with Crippen LogP contribution in [0.2, 0.25) is 0 Å². The summed E-state index contributed by atoms with van der Waals surface area (Å²) in [6.45, 7) is 4.45. The lowest BCUT2D eigenvalue weighted by Gasteiger charge is -2.09. The van der Waals surface area contributed by atoms with E-state index in [-0.39, 0.29) is 17.4 Å². The monoisotopic (exact) mass is 340 g/mol. The van der Waals surface area contributed by atoms with Gasteiger partial charge < -0.3 is 14.6 Å². The number of amides is 1. The number of para-hydroxylation sites is 1. The molecule has 0 radical (unpaired) electrons. The molecule has 25 heavy (non-hydrogen) atoms. The Morgan fingerprint density at radius 3 is 3.00 bits per heavy atom. The summed E-state index contributed by atoms with van der Waals surface area (Å²) in [5, 5.41) is 13.7. The third kappa shape index (κ3) is 3.74. The Bertz CT molecular complexity index is 817. The van der Waals surface area contributed by atoms with E-state index in [4.69, 9.17) is 9.47 Å². The minimum absolute atomic E-state index is 0.0925. The van der Waals surface area contributed by atoms with Gasteiger partial charge in [0.15, 0.2) is 0 Å². The summed E-state index contributed by atoms with van der Waals surface area (Å²) in [4.78, 5) is 12.1. The molecule has 1 atom stereocenters. The first kappa shape index (κ1) is 16.8. The van der Waals surface area contributed by atoms with Gasteiger partial charge in [0.05, 0.1) is 18.4 Å². The van der Waals surface area contributed by atoms with Crippen LogP contribution in [0.4, 0.5) is 0 Å². The maximum absolute atomic E-state index is 12.1. The van der Waals surface area contributed by atoms with E-state index in [1.165, 1.54) is 18.3 Å². The fourth-order valence-corrected chi connectivity index (χ4v) is 2.72. The molecule has 0 saturated heterocycles. The first-order valence-corrected chi connectivity index (χ1v) is 8.16. The quantitative estimate of drug-likeness (QED) is 0.648. The Balaban J connectivity index is 1.78. The summed E-state index contributed by atoms with van der Waals surface area (Å²) in [6.07, 6.45) is 2.49. The largest absolute Gasteiger partial charge is 0.507 e. The van der Waals surface area contributed by atoms with Crippen LogP contribution in [-0.4, -0.2) is 29.9 Å². The molecule has 0 saturated carbocycles. The number of rotatable bonds is 5. The molecule has 2 aromatic rings. The van der Waals surface area contributed by atoms with Crippen molar-refractivity contribution in [2.24, 2.45) is 5.10 Å². The number of ether oxygens (including phenoxy) is 2. The molecule has 0 spiro atoms. The van der Waals surface area contributed by atoms with Gasteiger partial charge in [0, 0.05) is 17.5 Å². The minimum atomic E-state index is -0.488. The molecule has 130 valence electrons. The average Bonchev–Trinajstić information content (AvgIpc) is 2.94. The first-order chi connectivity index (χ1) is 12.1. The van der Waals surface area contributed by atoms with Crippen LogP contribution in [0.15, 0.2) is 41.5 Å². The van der Waals surface area contributed by atoms with Crippen LogP contribution in [-0.2, 0) is 6.42 Å². The molecular formula is C19H20N2O4. The van der Waals surface area contributed by atoms with Crippen molar-refractivity contribution in [3.8, 4) is 17.2 Å². The molecule has 0 aliphatic carbocycles. The minimum Gasteiger partial charge on any atom is -0.507 e. The molecule has 6 heteroatoms. The molecule has 1 aliphatic heterocycles. The highest BCUT2D eigenvalue weighted by molar-refractivity contribution is 5.97. The third-order valence-electron chi connectivity index (χ3n) is 3.85. The Hall–Kier alpha value is -3.02. The predicted molar refractivity (Wildman–Crippen MR) is 94.6 cm³/mol. The predicted octanol–water partition coefficient (Wildman–Crippen LogP) is 2.88. The van der Waals surface area contributed by atoms with E-state index in [9.17, 15) is 9.90 Å². The lowest BCUT2D eigenvalue weighted by molar-refractivity contribution is 0.0952. The van der Waals surface area contributed by atoms with Gasteiger partial charge in [0.1, 0.15) is 23.4 Å². The number of hydrogen-bond donors (Lipinski definition) is 2. The number of carbonyl (C=O) groups excluding carboxylic acids is 1. The highest BCUT2D eigenvalue weighted by Crippen LogP contribution is 2.34. The van der Waals surface area contributed by atoms with Gasteiger partial charge in [-0.25, -0.2) is 5.43 Å². The van der Waals surface area contributed by atoms with Gasteiger partial charge in [-0.15, -0.1) is 0 Å². The van der Waals surface area contributed by atoms with Crippen LogP contribution >= 0.6 is 0 Å². The Morgan fingerprint density at radius 2 is 2.24 bits per heavy atom. The standard InChI is InChI=1S/C19H20N2O4/c1-3-24-17-9-13-8-12(2)25-18(13)10-14(17)11-20-21-19(23)15-6-4-5-7-16(15)22/h4-7,9-12,22H,3,8H2,1-2H3,(H,21,23)/b20-11-/t12-/m1/s1. The van der Waals surface area contributed by atoms with Crippen LogP contribution in [0.25, 0.3) is 0 Å². The average molecular weight is 340 g/mol. The fourth-order valence-electron chi connectivity index (χ4n) is 2.72. The molecule has 2 N–H and O–H groups in total. The van der Waals surface area contributed by atoms with Gasteiger partial charge in [-0.05, 0) is 38.1 Å². The number of hydrogen-bond acceptors (Lipinski definition) is 5. The molecule has 1 aliphatic rings. The van der Waals surface area contributed by atoms with E-state index in [2.05, 4.69) is 10.5 Å². The Kier molecular flexibility index (Phi) is 4.88. The van der Waals surface area contributed by atoms with Crippen molar-refractivity contribution in [2.75, 3.05) is 6.61 Å². The number of carbonyl (C=O) groups is 1. The smallest absolute Gasteiger partial charge is 0.275 e. The van der Waals surface area contributed by atoms with Crippen LogP contribution in [0.5, 0.6) is 17.2 Å². The molecule has 0 unspecified atom stereocenters. The second kappa shape index (κ2) is 7.25.